The van der Waals surface area contributed by atoms with Crippen LogP contribution in [0.3, 0.4) is 0 Å². The molecule has 1 aromatic carbocycles. The van der Waals surface area contributed by atoms with Crippen molar-refractivity contribution in [1.82, 2.24) is 4.72 Å². The molecule has 0 spiro atoms. The second-order valence-electron chi connectivity index (χ2n) is 4.18. The molecule has 0 heterocycles. The Bertz CT molecular complexity index is 603. The van der Waals surface area contributed by atoms with Gasteiger partial charge in [0.15, 0.2) is 0 Å². The van der Waals surface area contributed by atoms with E-state index >= 15 is 0 Å². The summed E-state index contributed by atoms with van der Waals surface area (Å²) in [4.78, 5) is 0.183. The van der Waals surface area contributed by atoms with Crippen molar-refractivity contribution in [1.29, 1.82) is 5.26 Å². The van der Waals surface area contributed by atoms with E-state index in [2.05, 4.69) is 11.3 Å². The highest BCUT2D eigenvalue weighted by Gasteiger charge is 2.16. The third-order valence-electron chi connectivity index (χ3n) is 2.60. The number of hydrogen-bond donors (Lipinski definition) is 1. The summed E-state index contributed by atoms with van der Waals surface area (Å²) in [7, 11) is -3.57. The highest BCUT2D eigenvalue weighted by molar-refractivity contribution is 7.89. The average molecular weight is 294 g/mol. The molecule has 108 valence electrons. The minimum Gasteiger partial charge on any atom is -0.380 e. The third kappa shape index (κ3) is 4.78. The largest absolute Gasteiger partial charge is 0.380 e. The van der Waals surface area contributed by atoms with Crippen molar-refractivity contribution in [3.8, 4) is 6.07 Å². The fraction of sp³-hybridized carbons (Fsp3) is 0.357. The van der Waals surface area contributed by atoms with E-state index < -0.39 is 10.0 Å². The van der Waals surface area contributed by atoms with Gasteiger partial charge in [0.05, 0.1) is 29.7 Å². The van der Waals surface area contributed by atoms with Crippen LogP contribution in [-0.2, 0) is 14.8 Å². The van der Waals surface area contributed by atoms with Gasteiger partial charge in [-0.05, 0) is 37.1 Å². The van der Waals surface area contributed by atoms with Crippen LogP contribution in [0.25, 0.3) is 0 Å². The average Bonchev–Trinajstić information content (AvgIpc) is 2.42. The van der Waals surface area contributed by atoms with Gasteiger partial charge in [0.2, 0.25) is 10.0 Å². The Morgan fingerprint density at radius 3 is 2.80 bits per heavy atom. The lowest BCUT2D eigenvalue weighted by Gasteiger charge is -2.09. The molecule has 0 aliphatic heterocycles. The second-order valence-corrected chi connectivity index (χ2v) is 5.91. The molecule has 0 aliphatic rings. The quantitative estimate of drug-likeness (QED) is 0.585. The molecule has 0 radical (unpaired) electrons. The lowest BCUT2D eigenvalue weighted by molar-refractivity contribution is 0.144. The van der Waals surface area contributed by atoms with Gasteiger partial charge in [-0.3, -0.25) is 0 Å². The van der Waals surface area contributed by atoms with Crippen LogP contribution in [0.4, 0.5) is 0 Å². The molecule has 1 aromatic rings. The molecule has 20 heavy (non-hydrogen) atoms. The van der Waals surface area contributed by atoms with Gasteiger partial charge in [-0.15, -0.1) is 6.58 Å². The smallest absolute Gasteiger partial charge is 0.240 e. The molecule has 0 aromatic heterocycles. The first-order valence-electron chi connectivity index (χ1n) is 6.20. The van der Waals surface area contributed by atoms with Crippen LogP contribution in [0.2, 0.25) is 0 Å². The zero-order valence-corrected chi connectivity index (χ0v) is 12.2. The fourth-order valence-electron chi connectivity index (χ4n) is 1.62. The molecule has 0 bridgehead atoms. The highest BCUT2D eigenvalue weighted by Crippen LogP contribution is 2.16. The molecule has 5 nitrogen and oxygen atoms in total. The Morgan fingerprint density at radius 1 is 1.45 bits per heavy atom. The molecule has 0 amide bonds. The monoisotopic (exact) mass is 294 g/mol. The van der Waals surface area contributed by atoms with E-state index in [-0.39, 0.29) is 11.4 Å². The zero-order chi connectivity index (χ0) is 15.0. The Balaban J connectivity index is 2.61. The normalized spacial score (nSPS) is 11.0. The van der Waals surface area contributed by atoms with Gasteiger partial charge < -0.3 is 4.74 Å². The summed E-state index contributed by atoms with van der Waals surface area (Å²) >= 11 is 0. The van der Waals surface area contributed by atoms with Gasteiger partial charge in [0.25, 0.3) is 0 Å². The van der Waals surface area contributed by atoms with E-state index in [0.717, 1.165) is 6.42 Å². The van der Waals surface area contributed by atoms with E-state index in [0.29, 0.717) is 24.3 Å². The number of ether oxygens (including phenoxy) is 1. The molecule has 1 rings (SSSR count). The summed E-state index contributed by atoms with van der Waals surface area (Å²) in [5.41, 5.74) is 0.985. The summed E-state index contributed by atoms with van der Waals surface area (Å²) in [5, 5.41) is 8.76. The number of sulfonamides is 1. The van der Waals surface area contributed by atoms with Gasteiger partial charge in [0.1, 0.15) is 0 Å². The minimum atomic E-state index is -3.57. The number of nitrogens with zero attached hydrogens (tertiary/aromatic N) is 1. The zero-order valence-electron chi connectivity index (χ0n) is 11.4. The predicted octanol–water partition coefficient (Wildman–Crippen LogP) is 1.74. The summed E-state index contributed by atoms with van der Waals surface area (Å²) in [6.45, 7) is 6.27. The summed E-state index contributed by atoms with van der Waals surface area (Å²) in [5.74, 6) is 0. The summed E-state index contributed by atoms with van der Waals surface area (Å²) < 4.78 is 31.9. The molecule has 6 heteroatoms. The van der Waals surface area contributed by atoms with E-state index in [1.54, 1.807) is 19.1 Å². The van der Waals surface area contributed by atoms with Crippen LogP contribution in [0, 0.1) is 18.3 Å². The number of nitrogens with one attached hydrogen (secondary N) is 1. The maximum absolute atomic E-state index is 12.1. The van der Waals surface area contributed by atoms with Crippen molar-refractivity contribution < 1.29 is 13.2 Å². The molecule has 1 N–H and O–H groups in total. The number of rotatable bonds is 8. The number of benzene rings is 1. The molecule has 0 saturated heterocycles. The fourth-order valence-corrected chi connectivity index (χ4v) is 2.85. The van der Waals surface area contributed by atoms with Gasteiger partial charge in [-0.2, -0.15) is 5.26 Å². The van der Waals surface area contributed by atoms with E-state index in [1.165, 1.54) is 12.1 Å². The Morgan fingerprint density at radius 2 is 2.20 bits per heavy atom. The van der Waals surface area contributed by atoms with Crippen LogP contribution in [0.15, 0.2) is 35.7 Å². The lowest BCUT2D eigenvalue weighted by atomic mass is 10.2. The molecule has 0 unspecified atom stereocenters. The Hall–Kier alpha value is -1.68. The molecule has 0 fully saturated rings. The predicted molar refractivity (Wildman–Crippen MR) is 76.7 cm³/mol. The van der Waals surface area contributed by atoms with E-state index in [9.17, 15) is 8.42 Å². The van der Waals surface area contributed by atoms with Gasteiger partial charge in [-0.1, -0.05) is 6.08 Å². The topological polar surface area (TPSA) is 79.2 Å². The first kappa shape index (κ1) is 16.4. The number of hydrogen-bond acceptors (Lipinski definition) is 4. The van der Waals surface area contributed by atoms with Crippen LogP contribution in [-0.4, -0.2) is 28.2 Å². The van der Waals surface area contributed by atoms with Gasteiger partial charge in [0, 0.05) is 6.54 Å². The maximum Gasteiger partial charge on any atom is 0.240 e. The number of aryl methyl sites for hydroxylation is 1. The van der Waals surface area contributed by atoms with Crippen molar-refractivity contribution in [2.45, 2.75) is 18.2 Å². The first-order chi connectivity index (χ1) is 9.51. The van der Waals surface area contributed by atoms with Crippen molar-refractivity contribution in [2.75, 3.05) is 19.8 Å². The molecule has 0 atom stereocenters. The standard InChI is InChI=1S/C14H18N2O3S/c1-3-4-8-19-9-7-16-20(17,18)14-6-5-13(11-15)10-12(14)2/h3,5-6,10,16H,1,4,7-9H2,2H3. The molecule has 0 aliphatic carbocycles. The molecular formula is C14H18N2O3S. The Labute approximate surface area is 119 Å². The highest BCUT2D eigenvalue weighted by atomic mass is 32.2. The SMILES string of the molecule is C=CCCOCCNS(=O)(=O)c1ccc(C#N)cc1C. The van der Waals surface area contributed by atoms with E-state index in [4.69, 9.17) is 10.00 Å². The number of nitriles is 1. The van der Waals surface area contributed by atoms with E-state index in [1.807, 2.05) is 6.07 Å². The van der Waals surface area contributed by atoms with Crippen LogP contribution >= 0.6 is 0 Å². The summed E-state index contributed by atoms with van der Waals surface area (Å²) in [6.07, 6.45) is 2.48. The van der Waals surface area contributed by atoms with Crippen molar-refractivity contribution in [2.24, 2.45) is 0 Å². The van der Waals surface area contributed by atoms with Gasteiger partial charge in [-0.25, -0.2) is 13.1 Å². The van der Waals surface area contributed by atoms with Crippen LogP contribution in [0.1, 0.15) is 17.5 Å². The van der Waals surface area contributed by atoms with Crippen molar-refractivity contribution >= 4 is 10.0 Å². The third-order valence-corrected chi connectivity index (χ3v) is 4.22. The Kier molecular flexibility index (Phi) is 6.39. The molecule has 0 saturated carbocycles. The maximum atomic E-state index is 12.1. The van der Waals surface area contributed by atoms with Crippen LogP contribution in [0.5, 0.6) is 0 Å². The van der Waals surface area contributed by atoms with Crippen molar-refractivity contribution in [3.05, 3.63) is 42.0 Å². The van der Waals surface area contributed by atoms with Crippen molar-refractivity contribution in [3.63, 3.8) is 0 Å². The minimum absolute atomic E-state index is 0.183. The van der Waals surface area contributed by atoms with Gasteiger partial charge >= 0.3 is 0 Å². The second kappa shape index (κ2) is 7.80. The molecular weight excluding hydrogens is 276 g/mol. The van der Waals surface area contributed by atoms with Crippen LogP contribution < -0.4 is 4.72 Å². The lowest BCUT2D eigenvalue weighted by Crippen LogP contribution is -2.28. The summed E-state index contributed by atoms with van der Waals surface area (Å²) in [6, 6.07) is 6.45. The first-order valence-corrected chi connectivity index (χ1v) is 7.68.